The van der Waals surface area contributed by atoms with Crippen molar-refractivity contribution in [3.05, 3.63) is 46.2 Å². The highest BCUT2D eigenvalue weighted by Crippen LogP contribution is 2.17. The van der Waals surface area contributed by atoms with Crippen molar-refractivity contribution in [3.8, 4) is 0 Å². The number of hydrogen-bond donors (Lipinski definition) is 2. The van der Waals surface area contributed by atoms with Crippen molar-refractivity contribution < 1.29 is 9.18 Å². The van der Waals surface area contributed by atoms with Crippen molar-refractivity contribution in [2.75, 3.05) is 44.7 Å². The van der Waals surface area contributed by atoms with Crippen molar-refractivity contribution in [2.45, 2.75) is 19.9 Å². The topological polar surface area (TPSA) is 72.9 Å². The standard InChI is InChI=1S/C20H27FN6OS.HI/c1-15-13-24-18(29-15)14-25-20(22-2)23-8-7-19(28)27-11-9-26(10-12-27)17-5-3-16(21)4-6-17;/h3-6,13H,7-12,14H2,1-2H3,(H2,22,23,25);1H. The van der Waals surface area contributed by atoms with Crippen LogP contribution in [-0.4, -0.2) is 61.5 Å². The molecule has 1 aromatic heterocycles. The van der Waals surface area contributed by atoms with Gasteiger partial charge < -0.3 is 20.4 Å². The minimum atomic E-state index is -0.235. The van der Waals surface area contributed by atoms with E-state index in [1.54, 1.807) is 30.5 Å². The number of nitrogens with one attached hydrogen (secondary N) is 2. The molecule has 1 saturated heterocycles. The zero-order valence-corrected chi connectivity index (χ0v) is 20.4. The van der Waals surface area contributed by atoms with Crippen molar-refractivity contribution >= 4 is 52.9 Å². The van der Waals surface area contributed by atoms with Gasteiger partial charge in [-0.25, -0.2) is 9.37 Å². The zero-order chi connectivity index (χ0) is 20.6. The number of carbonyl (C=O) groups is 1. The van der Waals surface area contributed by atoms with E-state index in [0.717, 1.165) is 23.8 Å². The Morgan fingerprint density at radius 1 is 1.20 bits per heavy atom. The Bertz CT molecular complexity index is 836. The van der Waals surface area contributed by atoms with Gasteiger partial charge in [0, 0.05) is 63.0 Å². The van der Waals surface area contributed by atoms with Crippen LogP contribution in [0, 0.1) is 12.7 Å². The third kappa shape index (κ3) is 7.08. The molecule has 1 fully saturated rings. The maximum Gasteiger partial charge on any atom is 0.224 e. The van der Waals surface area contributed by atoms with E-state index in [1.165, 1.54) is 17.0 Å². The molecule has 164 valence electrons. The minimum absolute atomic E-state index is 0. The molecule has 1 amide bonds. The maximum absolute atomic E-state index is 13.1. The predicted molar refractivity (Wildman–Crippen MR) is 130 cm³/mol. The number of thiazole rings is 1. The first kappa shape index (κ1) is 24.3. The molecule has 10 heteroatoms. The van der Waals surface area contributed by atoms with Gasteiger partial charge in [-0.3, -0.25) is 9.79 Å². The molecule has 2 N–H and O–H groups in total. The molecule has 0 spiro atoms. The molecule has 2 heterocycles. The first-order valence-electron chi connectivity index (χ1n) is 9.69. The molecule has 0 unspecified atom stereocenters. The van der Waals surface area contributed by atoms with Gasteiger partial charge in [-0.05, 0) is 31.2 Å². The molecule has 7 nitrogen and oxygen atoms in total. The lowest BCUT2D eigenvalue weighted by Gasteiger charge is -2.36. The van der Waals surface area contributed by atoms with E-state index >= 15 is 0 Å². The van der Waals surface area contributed by atoms with Crippen LogP contribution in [0.2, 0.25) is 0 Å². The number of amides is 1. The Kier molecular flexibility index (Phi) is 9.76. The highest BCUT2D eigenvalue weighted by atomic mass is 127. The molecular weight excluding hydrogens is 518 g/mol. The van der Waals surface area contributed by atoms with E-state index < -0.39 is 0 Å². The summed E-state index contributed by atoms with van der Waals surface area (Å²) >= 11 is 1.65. The number of carbonyl (C=O) groups excluding carboxylic acids is 1. The Morgan fingerprint density at radius 3 is 2.50 bits per heavy atom. The summed E-state index contributed by atoms with van der Waals surface area (Å²) in [6, 6.07) is 6.50. The highest BCUT2D eigenvalue weighted by molar-refractivity contribution is 14.0. The number of halogens is 2. The van der Waals surface area contributed by atoms with E-state index in [9.17, 15) is 9.18 Å². The first-order chi connectivity index (χ1) is 14.0. The number of aliphatic imine (C=N–C) groups is 1. The summed E-state index contributed by atoms with van der Waals surface area (Å²) in [7, 11) is 1.71. The lowest BCUT2D eigenvalue weighted by atomic mass is 10.2. The molecular formula is C20H28FIN6OS. The van der Waals surface area contributed by atoms with Gasteiger partial charge in [0.25, 0.3) is 0 Å². The quantitative estimate of drug-likeness (QED) is 0.331. The summed E-state index contributed by atoms with van der Waals surface area (Å²) in [5, 5.41) is 7.39. The molecule has 0 bridgehead atoms. The Hall–Kier alpha value is -1.95. The third-order valence-electron chi connectivity index (χ3n) is 4.76. The van der Waals surface area contributed by atoms with Crippen molar-refractivity contribution in [1.29, 1.82) is 0 Å². The fraction of sp³-hybridized carbons (Fsp3) is 0.450. The zero-order valence-electron chi connectivity index (χ0n) is 17.2. The molecule has 0 radical (unpaired) electrons. The van der Waals surface area contributed by atoms with Gasteiger partial charge in [0.15, 0.2) is 5.96 Å². The van der Waals surface area contributed by atoms with E-state index in [4.69, 9.17) is 0 Å². The summed E-state index contributed by atoms with van der Waals surface area (Å²) in [5.74, 6) is 0.551. The van der Waals surface area contributed by atoms with Crippen molar-refractivity contribution in [3.63, 3.8) is 0 Å². The second-order valence-corrected chi connectivity index (χ2v) is 8.13. The number of hydrogen-bond acceptors (Lipinski definition) is 5. The fourth-order valence-corrected chi connectivity index (χ4v) is 3.90. The second kappa shape index (κ2) is 12.0. The third-order valence-corrected chi connectivity index (χ3v) is 5.67. The largest absolute Gasteiger partial charge is 0.368 e. The lowest BCUT2D eigenvalue weighted by Crippen LogP contribution is -2.49. The number of guanidine groups is 1. The van der Waals surface area contributed by atoms with Crippen LogP contribution in [0.3, 0.4) is 0 Å². The smallest absolute Gasteiger partial charge is 0.224 e. The molecule has 0 atom stereocenters. The van der Waals surface area contributed by atoms with Gasteiger partial charge in [-0.15, -0.1) is 35.3 Å². The maximum atomic E-state index is 13.1. The van der Waals surface area contributed by atoms with E-state index in [-0.39, 0.29) is 35.7 Å². The van der Waals surface area contributed by atoms with Crippen LogP contribution in [0.25, 0.3) is 0 Å². The summed E-state index contributed by atoms with van der Waals surface area (Å²) in [5.41, 5.74) is 0.991. The van der Waals surface area contributed by atoms with Crippen LogP contribution in [0.5, 0.6) is 0 Å². The molecule has 3 rings (SSSR count). The summed E-state index contributed by atoms with van der Waals surface area (Å²) < 4.78 is 13.1. The first-order valence-corrected chi connectivity index (χ1v) is 10.5. The Labute approximate surface area is 197 Å². The monoisotopic (exact) mass is 546 g/mol. The number of nitrogens with zero attached hydrogens (tertiary/aromatic N) is 4. The van der Waals surface area contributed by atoms with Gasteiger partial charge in [0.05, 0.1) is 6.54 Å². The lowest BCUT2D eigenvalue weighted by molar-refractivity contribution is -0.131. The van der Waals surface area contributed by atoms with Crippen molar-refractivity contribution in [2.24, 2.45) is 4.99 Å². The molecule has 2 aromatic rings. The normalized spacial score (nSPS) is 14.3. The van der Waals surface area contributed by atoms with Gasteiger partial charge in [0.2, 0.25) is 5.91 Å². The molecule has 0 aliphatic carbocycles. The summed E-state index contributed by atoms with van der Waals surface area (Å²) in [6.45, 7) is 6.01. The van der Waals surface area contributed by atoms with Crippen molar-refractivity contribution in [1.82, 2.24) is 20.5 Å². The van der Waals surface area contributed by atoms with E-state index in [1.807, 2.05) is 18.0 Å². The predicted octanol–water partition coefficient (Wildman–Crippen LogP) is 2.61. The number of benzene rings is 1. The summed E-state index contributed by atoms with van der Waals surface area (Å²) in [6.07, 6.45) is 2.26. The Morgan fingerprint density at radius 2 is 1.90 bits per heavy atom. The summed E-state index contributed by atoms with van der Waals surface area (Å²) in [4.78, 5) is 26.2. The molecule has 1 aliphatic heterocycles. The average molecular weight is 546 g/mol. The van der Waals surface area contributed by atoms with Gasteiger partial charge >= 0.3 is 0 Å². The second-order valence-electron chi connectivity index (χ2n) is 6.81. The SMILES string of the molecule is CN=C(NCCC(=O)N1CCN(c2ccc(F)cc2)CC1)NCc1ncc(C)s1.I. The van der Waals surface area contributed by atoms with Gasteiger partial charge in [-0.2, -0.15) is 0 Å². The van der Waals surface area contributed by atoms with Crippen LogP contribution in [0.1, 0.15) is 16.3 Å². The van der Waals surface area contributed by atoms with Crippen LogP contribution in [-0.2, 0) is 11.3 Å². The fourth-order valence-electron chi connectivity index (χ4n) is 3.18. The number of anilines is 1. The minimum Gasteiger partial charge on any atom is -0.368 e. The Balaban J connectivity index is 0.00000320. The van der Waals surface area contributed by atoms with Gasteiger partial charge in [-0.1, -0.05) is 0 Å². The average Bonchev–Trinajstić information content (AvgIpc) is 3.16. The van der Waals surface area contributed by atoms with Crippen LogP contribution in [0.4, 0.5) is 10.1 Å². The van der Waals surface area contributed by atoms with Crippen LogP contribution in [0.15, 0.2) is 35.5 Å². The number of rotatable bonds is 6. The molecule has 1 aromatic carbocycles. The van der Waals surface area contributed by atoms with Crippen LogP contribution < -0.4 is 15.5 Å². The van der Waals surface area contributed by atoms with E-state index in [2.05, 4.69) is 25.5 Å². The number of aryl methyl sites for hydroxylation is 1. The molecule has 0 saturated carbocycles. The number of aromatic nitrogens is 1. The van der Waals surface area contributed by atoms with E-state index in [0.29, 0.717) is 38.6 Å². The number of piperazine rings is 1. The van der Waals surface area contributed by atoms with Crippen LogP contribution >= 0.6 is 35.3 Å². The highest BCUT2D eigenvalue weighted by Gasteiger charge is 2.21. The molecule has 1 aliphatic rings. The molecule has 30 heavy (non-hydrogen) atoms. The van der Waals surface area contributed by atoms with Gasteiger partial charge in [0.1, 0.15) is 10.8 Å².